The summed E-state index contributed by atoms with van der Waals surface area (Å²) in [7, 11) is 5.36. The van der Waals surface area contributed by atoms with Crippen LogP contribution in [0.25, 0.3) is 0 Å². The number of likely N-dealkylation sites (N-methyl/N-ethyl adjacent to an activating group) is 1. The number of nitrogens with zero attached hydrogens (tertiary/aromatic N) is 1. The minimum absolute atomic E-state index is 0.000592. The summed E-state index contributed by atoms with van der Waals surface area (Å²) in [4.78, 5) is 36.8. The van der Waals surface area contributed by atoms with E-state index in [1.165, 1.54) is 64.2 Å². The summed E-state index contributed by atoms with van der Waals surface area (Å²) in [6.45, 7) is 4.49. The molecule has 8 nitrogen and oxygen atoms in total. The monoisotopic (exact) mass is 810 g/mol. The van der Waals surface area contributed by atoms with Gasteiger partial charge >= 0.3 is 11.9 Å². The molecule has 0 aliphatic rings. The highest BCUT2D eigenvalue weighted by atomic mass is 16.6. The molecule has 0 amide bonds. The Hall–Kier alpha value is -3.49. The lowest BCUT2D eigenvalue weighted by molar-refractivity contribution is -0.889. The van der Waals surface area contributed by atoms with Crippen LogP contribution in [0.3, 0.4) is 0 Å². The molecule has 0 aromatic rings. The molecule has 0 aromatic carbocycles. The van der Waals surface area contributed by atoms with Crippen LogP contribution in [-0.2, 0) is 28.6 Å². The van der Waals surface area contributed by atoms with E-state index in [9.17, 15) is 19.5 Å². The number of allylic oxidation sites excluding steroid dienone is 14. The molecule has 58 heavy (non-hydrogen) atoms. The Morgan fingerprint density at radius 1 is 0.517 bits per heavy atom. The Bertz CT molecular complexity index is 1220. The van der Waals surface area contributed by atoms with Gasteiger partial charge in [-0.3, -0.25) is 9.59 Å². The Labute approximate surface area is 354 Å². The van der Waals surface area contributed by atoms with Crippen LogP contribution in [0.5, 0.6) is 0 Å². The Morgan fingerprint density at radius 3 is 1.45 bits per heavy atom. The first-order valence-corrected chi connectivity index (χ1v) is 22.6. The fraction of sp³-hybridized carbons (Fsp3) is 0.660. The first-order chi connectivity index (χ1) is 28.1. The number of carbonyl (C=O) groups is 3. The van der Waals surface area contributed by atoms with E-state index in [1.54, 1.807) is 21.1 Å². The third-order valence-electron chi connectivity index (χ3n) is 9.52. The van der Waals surface area contributed by atoms with Crippen LogP contribution >= 0.6 is 0 Å². The number of carboxylic acid groups (broad SMARTS) is 1. The molecule has 0 radical (unpaired) electrons. The van der Waals surface area contributed by atoms with E-state index in [0.717, 1.165) is 51.4 Å². The van der Waals surface area contributed by atoms with Gasteiger partial charge in [-0.05, 0) is 83.5 Å². The second-order valence-corrected chi connectivity index (χ2v) is 15.9. The molecule has 0 saturated carbocycles. The molecule has 0 heterocycles. The van der Waals surface area contributed by atoms with Crippen molar-refractivity contribution in [2.45, 2.75) is 174 Å². The van der Waals surface area contributed by atoms with Gasteiger partial charge in [-0.1, -0.05) is 144 Å². The maximum Gasteiger partial charge on any atom is 0.306 e. The molecule has 0 bridgehead atoms. The van der Waals surface area contributed by atoms with Gasteiger partial charge in [0, 0.05) is 19.3 Å². The maximum atomic E-state index is 12.7. The molecule has 2 unspecified atom stereocenters. The van der Waals surface area contributed by atoms with Gasteiger partial charge in [-0.15, -0.1) is 0 Å². The Balaban J connectivity index is 4.47. The predicted octanol–water partition coefficient (Wildman–Crippen LogP) is 11.2. The second kappa shape index (κ2) is 40.3. The average molecular weight is 810 g/mol. The van der Waals surface area contributed by atoms with Crippen LogP contribution < -0.4 is 5.11 Å². The van der Waals surface area contributed by atoms with Gasteiger partial charge in [0.15, 0.2) is 6.10 Å². The second-order valence-electron chi connectivity index (χ2n) is 15.9. The van der Waals surface area contributed by atoms with Crippen molar-refractivity contribution >= 4 is 17.9 Å². The quantitative estimate of drug-likeness (QED) is 0.0264. The first kappa shape index (κ1) is 54.5. The van der Waals surface area contributed by atoms with Gasteiger partial charge in [0.25, 0.3) is 0 Å². The van der Waals surface area contributed by atoms with Crippen molar-refractivity contribution in [2.75, 3.05) is 41.0 Å². The zero-order chi connectivity index (χ0) is 42.8. The van der Waals surface area contributed by atoms with E-state index in [2.05, 4.69) is 92.8 Å². The molecular formula is C50H83NO7. The van der Waals surface area contributed by atoms with Crippen LogP contribution in [0.2, 0.25) is 0 Å². The van der Waals surface area contributed by atoms with E-state index in [1.807, 2.05) is 6.08 Å². The van der Waals surface area contributed by atoms with Crippen LogP contribution in [0.1, 0.15) is 162 Å². The van der Waals surface area contributed by atoms with Crippen molar-refractivity contribution in [1.29, 1.82) is 0 Å². The van der Waals surface area contributed by atoms with Gasteiger partial charge in [0.1, 0.15) is 12.6 Å². The first-order valence-electron chi connectivity index (χ1n) is 22.6. The van der Waals surface area contributed by atoms with Gasteiger partial charge in [-0.2, -0.15) is 0 Å². The molecule has 8 heteroatoms. The van der Waals surface area contributed by atoms with Crippen LogP contribution in [0.15, 0.2) is 85.1 Å². The molecule has 0 rings (SSSR count). The van der Waals surface area contributed by atoms with Crippen molar-refractivity contribution in [2.24, 2.45) is 0 Å². The largest absolute Gasteiger partial charge is 0.544 e. The number of quaternary nitrogens is 1. The van der Waals surface area contributed by atoms with Gasteiger partial charge in [0.2, 0.25) is 0 Å². The molecule has 2 atom stereocenters. The van der Waals surface area contributed by atoms with Crippen molar-refractivity contribution in [3.05, 3.63) is 85.1 Å². The lowest BCUT2D eigenvalue weighted by atomic mass is 10.1. The molecule has 0 aromatic heterocycles. The number of carbonyl (C=O) groups excluding carboxylic acids is 3. The Kier molecular flexibility index (Phi) is 37.9. The van der Waals surface area contributed by atoms with E-state index in [-0.39, 0.29) is 49.5 Å². The highest BCUT2D eigenvalue weighted by Crippen LogP contribution is 2.11. The lowest BCUT2D eigenvalue weighted by Gasteiger charge is -2.34. The number of esters is 2. The van der Waals surface area contributed by atoms with Crippen molar-refractivity contribution < 1.29 is 38.2 Å². The van der Waals surface area contributed by atoms with Crippen molar-refractivity contribution in [3.63, 3.8) is 0 Å². The standard InChI is InChI=1S/C50H83NO7/c1-6-8-10-12-14-16-18-20-21-22-23-24-25-26-27-29-30-32-34-36-38-40-48(52)57-45-46(44-56-43-42-47(50(54)55)51(3,4)5)58-49(53)41-39-37-35-33-31-28-19-17-15-13-11-9-7-2/h14,16,20-21,23-24,26-28,30-32,35,37,46-47H,6-13,15,17-19,22,25,29,33-34,36,38-45H2,1-5H3/b16-14+,21-20+,24-23+,27-26+,31-28+,32-30+,37-35+. The van der Waals surface area contributed by atoms with Gasteiger partial charge in [0.05, 0.1) is 40.3 Å². The number of unbranched alkanes of at least 4 members (excludes halogenated alkanes) is 11. The third-order valence-corrected chi connectivity index (χ3v) is 9.52. The molecule has 0 saturated heterocycles. The summed E-state index contributed by atoms with van der Waals surface area (Å²) in [5.74, 6) is -1.89. The molecule has 0 aliphatic carbocycles. The van der Waals surface area contributed by atoms with E-state index < -0.39 is 24.1 Å². The average Bonchev–Trinajstić information content (AvgIpc) is 3.18. The molecule has 0 spiro atoms. The SMILES string of the molecule is CCCCC/C=C/C/C=C/C/C=C/C/C=C/C/C=C/CCCCC(=O)OCC(COCCC(C(=O)[O-])[N+](C)(C)C)OC(=O)CC/C=C/C/C=C/CCCCCCCC. The molecule has 330 valence electrons. The maximum absolute atomic E-state index is 12.7. The molecular weight excluding hydrogens is 727 g/mol. The predicted molar refractivity (Wildman–Crippen MR) is 240 cm³/mol. The van der Waals surface area contributed by atoms with Crippen LogP contribution in [0, 0.1) is 0 Å². The number of hydrogen-bond acceptors (Lipinski definition) is 7. The van der Waals surface area contributed by atoms with Crippen LogP contribution in [0.4, 0.5) is 0 Å². The highest BCUT2D eigenvalue weighted by Gasteiger charge is 2.25. The zero-order valence-electron chi connectivity index (χ0n) is 37.4. The van der Waals surface area contributed by atoms with Gasteiger partial charge in [-0.25, -0.2) is 0 Å². The van der Waals surface area contributed by atoms with Crippen molar-refractivity contribution in [1.82, 2.24) is 0 Å². The smallest absolute Gasteiger partial charge is 0.306 e. The molecule has 0 fully saturated rings. The molecule has 0 N–H and O–H groups in total. The fourth-order valence-electron chi connectivity index (χ4n) is 5.96. The molecule has 0 aliphatic heterocycles. The van der Waals surface area contributed by atoms with E-state index in [4.69, 9.17) is 14.2 Å². The number of aliphatic carboxylic acids is 1. The minimum atomic E-state index is -1.14. The number of rotatable bonds is 39. The summed E-state index contributed by atoms with van der Waals surface area (Å²) in [6, 6.07) is -0.745. The Morgan fingerprint density at radius 2 is 0.948 bits per heavy atom. The third kappa shape index (κ3) is 38.1. The zero-order valence-corrected chi connectivity index (χ0v) is 37.4. The lowest BCUT2D eigenvalue weighted by Crippen LogP contribution is -2.55. The summed E-state index contributed by atoms with van der Waals surface area (Å²) in [6.07, 6.45) is 52.0. The summed E-state index contributed by atoms with van der Waals surface area (Å²) in [5.41, 5.74) is 0. The number of carboxylic acids is 1. The summed E-state index contributed by atoms with van der Waals surface area (Å²) in [5, 5.41) is 11.6. The van der Waals surface area contributed by atoms with E-state index in [0.29, 0.717) is 12.8 Å². The number of ether oxygens (including phenoxy) is 3. The van der Waals surface area contributed by atoms with Crippen LogP contribution in [-0.4, -0.2) is 75.5 Å². The fourth-order valence-corrected chi connectivity index (χ4v) is 5.96. The minimum Gasteiger partial charge on any atom is -0.544 e. The van der Waals surface area contributed by atoms with Crippen molar-refractivity contribution in [3.8, 4) is 0 Å². The summed E-state index contributed by atoms with van der Waals surface area (Å²) < 4.78 is 17.0. The topological polar surface area (TPSA) is 102 Å². The van der Waals surface area contributed by atoms with Gasteiger partial charge < -0.3 is 28.6 Å². The summed E-state index contributed by atoms with van der Waals surface area (Å²) >= 11 is 0. The highest BCUT2D eigenvalue weighted by molar-refractivity contribution is 5.70. The van der Waals surface area contributed by atoms with E-state index >= 15 is 0 Å². The number of hydrogen-bond donors (Lipinski definition) is 0. The normalized spacial score (nSPS) is 13.7.